The molecule has 2 N–H and O–H groups in total. The molecule has 32 heavy (non-hydrogen) atoms. The first-order valence-electron chi connectivity index (χ1n) is 10.2. The number of aromatic nitrogens is 3. The van der Waals surface area contributed by atoms with Gasteiger partial charge in [-0.2, -0.15) is 0 Å². The highest BCUT2D eigenvalue weighted by Crippen LogP contribution is 2.41. The van der Waals surface area contributed by atoms with E-state index < -0.39 is 12.2 Å². The number of halogens is 2. The summed E-state index contributed by atoms with van der Waals surface area (Å²) in [7, 11) is 0. The Morgan fingerprint density at radius 2 is 2.12 bits per heavy atom. The van der Waals surface area contributed by atoms with Crippen LogP contribution < -0.4 is 10.2 Å². The molecule has 1 fully saturated rings. The van der Waals surface area contributed by atoms with Gasteiger partial charge in [-0.3, -0.25) is 0 Å². The van der Waals surface area contributed by atoms with Crippen LogP contribution in [-0.4, -0.2) is 59.4 Å². The predicted octanol–water partition coefficient (Wildman–Crippen LogP) is 4.01. The van der Waals surface area contributed by atoms with Gasteiger partial charge in [-0.15, -0.1) is 0 Å². The van der Waals surface area contributed by atoms with E-state index in [1.807, 2.05) is 6.92 Å². The number of thiazole rings is 1. The zero-order chi connectivity index (χ0) is 22.5. The average Bonchev–Trinajstić information content (AvgIpc) is 3.25. The molecule has 0 amide bonds. The van der Waals surface area contributed by atoms with E-state index in [4.69, 9.17) is 26.1 Å². The van der Waals surface area contributed by atoms with Crippen molar-refractivity contribution in [2.75, 3.05) is 43.1 Å². The Labute approximate surface area is 194 Å². The van der Waals surface area contributed by atoms with Gasteiger partial charge in [0.25, 0.3) is 0 Å². The summed E-state index contributed by atoms with van der Waals surface area (Å²) in [6.45, 7) is 4.87. The highest BCUT2D eigenvalue weighted by atomic mass is 35.5. The van der Waals surface area contributed by atoms with E-state index in [9.17, 15) is 5.11 Å². The van der Waals surface area contributed by atoms with Crippen LogP contribution in [0.4, 0.5) is 15.2 Å². The van der Waals surface area contributed by atoms with Gasteiger partial charge in [0, 0.05) is 24.8 Å². The van der Waals surface area contributed by atoms with Gasteiger partial charge in [-0.1, -0.05) is 24.3 Å². The smallest absolute Gasteiger partial charge is 0.235 e. The number of rotatable bonds is 8. The minimum atomic E-state index is -1.32. The van der Waals surface area contributed by atoms with Crippen LogP contribution in [0.25, 0.3) is 21.8 Å². The van der Waals surface area contributed by atoms with Gasteiger partial charge in [0.15, 0.2) is 10.9 Å². The molecular formula is C21H23ClFN5O3S. The molecule has 1 aliphatic rings. The van der Waals surface area contributed by atoms with Gasteiger partial charge in [-0.05, 0) is 36.2 Å². The summed E-state index contributed by atoms with van der Waals surface area (Å²) in [5, 5.41) is 13.5. The summed E-state index contributed by atoms with van der Waals surface area (Å²) in [5.74, 6) is -0.549. The Balaban J connectivity index is 1.75. The lowest BCUT2D eigenvalue weighted by atomic mass is 10.1. The van der Waals surface area contributed by atoms with Crippen molar-refractivity contribution in [3.05, 3.63) is 41.6 Å². The topological polar surface area (TPSA) is 92.6 Å². The predicted molar refractivity (Wildman–Crippen MR) is 122 cm³/mol. The van der Waals surface area contributed by atoms with Crippen molar-refractivity contribution in [1.82, 2.24) is 15.0 Å². The lowest BCUT2D eigenvalue weighted by molar-refractivity contribution is -0.0779. The number of hydrogen-bond acceptors (Lipinski definition) is 9. The molecule has 0 radical (unpaired) electrons. The zero-order valence-corrected chi connectivity index (χ0v) is 19.0. The SMILES string of the molecule is CCCOC(O)Nc1cccc(-c2nc(N3CCOCC3)sc2-c2ccnc(Cl)n2)c1F. The highest BCUT2D eigenvalue weighted by molar-refractivity contribution is 7.19. The molecule has 3 aromatic rings. The lowest BCUT2D eigenvalue weighted by Gasteiger charge is -2.26. The Morgan fingerprint density at radius 1 is 1.31 bits per heavy atom. The fourth-order valence-electron chi connectivity index (χ4n) is 3.25. The third-order valence-corrected chi connectivity index (χ3v) is 6.09. The molecular weight excluding hydrogens is 457 g/mol. The quantitative estimate of drug-likeness (QED) is 0.370. The second kappa shape index (κ2) is 10.5. The molecule has 1 unspecified atom stereocenters. The molecule has 1 aromatic carbocycles. The van der Waals surface area contributed by atoms with E-state index in [-0.39, 0.29) is 16.5 Å². The molecule has 1 atom stereocenters. The van der Waals surface area contributed by atoms with Crippen LogP contribution in [0, 0.1) is 5.82 Å². The molecule has 170 valence electrons. The standard InChI is InChI=1S/C21H23ClFN5O3S/c1-2-10-31-21(29)26-14-5-3-4-13(16(14)23)17-18(15-6-7-24-19(22)25-15)32-20(27-17)28-8-11-30-12-9-28/h3-7,21,26,29H,2,8-12H2,1H3. The van der Waals surface area contributed by atoms with Crippen molar-refractivity contribution >= 4 is 33.8 Å². The van der Waals surface area contributed by atoms with Crippen LogP contribution in [0.15, 0.2) is 30.5 Å². The van der Waals surface area contributed by atoms with Gasteiger partial charge in [0.2, 0.25) is 11.7 Å². The van der Waals surface area contributed by atoms with Crippen LogP contribution in [0.1, 0.15) is 13.3 Å². The zero-order valence-electron chi connectivity index (χ0n) is 17.4. The molecule has 11 heteroatoms. The van der Waals surface area contributed by atoms with Gasteiger partial charge >= 0.3 is 0 Å². The highest BCUT2D eigenvalue weighted by Gasteiger charge is 2.24. The molecule has 0 spiro atoms. The summed E-state index contributed by atoms with van der Waals surface area (Å²) < 4.78 is 26.1. The number of anilines is 2. The third kappa shape index (κ3) is 5.16. The fraction of sp³-hybridized carbons (Fsp3) is 0.381. The van der Waals surface area contributed by atoms with Crippen LogP contribution >= 0.6 is 22.9 Å². The number of benzene rings is 1. The van der Waals surface area contributed by atoms with Crippen molar-refractivity contribution in [3.63, 3.8) is 0 Å². The first-order valence-corrected chi connectivity index (χ1v) is 11.4. The van der Waals surface area contributed by atoms with E-state index in [1.165, 1.54) is 17.4 Å². The maximum atomic E-state index is 15.5. The summed E-state index contributed by atoms with van der Waals surface area (Å²) in [5.41, 5.74) is 1.38. The van der Waals surface area contributed by atoms with Crippen molar-refractivity contribution in [1.29, 1.82) is 0 Å². The van der Waals surface area contributed by atoms with Crippen molar-refractivity contribution in [3.8, 4) is 21.8 Å². The molecule has 0 bridgehead atoms. The summed E-state index contributed by atoms with van der Waals surface area (Å²) in [4.78, 5) is 15.8. The molecule has 0 aliphatic carbocycles. The number of ether oxygens (including phenoxy) is 2. The first-order chi connectivity index (χ1) is 15.6. The maximum absolute atomic E-state index is 15.5. The normalized spacial score (nSPS) is 15.1. The van der Waals surface area contributed by atoms with Crippen LogP contribution in [0.5, 0.6) is 0 Å². The molecule has 3 heterocycles. The first kappa shape index (κ1) is 22.8. The van der Waals surface area contributed by atoms with Crippen LogP contribution in [0.2, 0.25) is 5.28 Å². The van der Waals surface area contributed by atoms with Gasteiger partial charge in [0.05, 0.1) is 41.8 Å². The third-order valence-electron chi connectivity index (χ3n) is 4.77. The lowest BCUT2D eigenvalue weighted by Crippen LogP contribution is -2.36. The van der Waals surface area contributed by atoms with Crippen molar-refractivity contribution in [2.45, 2.75) is 19.8 Å². The molecule has 1 saturated heterocycles. The molecule has 8 nitrogen and oxygen atoms in total. The maximum Gasteiger partial charge on any atom is 0.235 e. The number of nitrogens with one attached hydrogen (secondary N) is 1. The van der Waals surface area contributed by atoms with Gasteiger partial charge < -0.3 is 24.8 Å². The van der Waals surface area contributed by atoms with Crippen molar-refractivity contribution < 1.29 is 19.0 Å². The van der Waals surface area contributed by atoms with E-state index in [2.05, 4.69) is 20.2 Å². The Hall–Kier alpha value is -2.37. The summed E-state index contributed by atoms with van der Waals surface area (Å²) >= 11 is 7.42. The fourth-order valence-corrected chi connectivity index (χ4v) is 4.50. The minimum absolute atomic E-state index is 0.0989. The largest absolute Gasteiger partial charge is 0.378 e. The molecule has 1 aliphatic heterocycles. The number of aliphatic hydroxyl groups excluding tert-OH is 1. The van der Waals surface area contributed by atoms with Crippen LogP contribution in [-0.2, 0) is 9.47 Å². The number of nitrogens with zero attached hydrogens (tertiary/aromatic N) is 4. The summed E-state index contributed by atoms with van der Waals surface area (Å²) in [6, 6.07) is 6.59. The van der Waals surface area contributed by atoms with Gasteiger partial charge in [-0.25, -0.2) is 19.3 Å². The average molecular weight is 480 g/mol. The van der Waals surface area contributed by atoms with E-state index >= 15 is 4.39 Å². The number of aliphatic hydroxyl groups is 1. The number of morpholine rings is 1. The minimum Gasteiger partial charge on any atom is -0.378 e. The summed E-state index contributed by atoms with van der Waals surface area (Å²) in [6.07, 6.45) is 0.965. The second-order valence-corrected chi connectivity index (χ2v) is 8.33. The van der Waals surface area contributed by atoms with Crippen LogP contribution in [0.3, 0.4) is 0 Å². The van der Waals surface area contributed by atoms with E-state index in [0.29, 0.717) is 49.2 Å². The Kier molecular flexibility index (Phi) is 7.48. The van der Waals surface area contributed by atoms with Gasteiger partial charge in [0.1, 0.15) is 0 Å². The number of hydrogen-bond donors (Lipinski definition) is 2. The second-order valence-electron chi connectivity index (χ2n) is 7.02. The van der Waals surface area contributed by atoms with Crippen molar-refractivity contribution in [2.24, 2.45) is 0 Å². The molecule has 0 saturated carbocycles. The monoisotopic (exact) mass is 479 g/mol. The molecule has 2 aromatic heterocycles. The van der Waals surface area contributed by atoms with E-state index in [0.717, 1.165) is 11.6 Å². The van der Waals surface area contributed by atoms with E-state index in [1.54, 1.807) is 24.4 Å². The Morgan fingerprint density at radius 3 is 2.88 bits per heavy atom. The Bertz CT molecular complexity index is 1060. The molecule has 4 rings (SSSR count).